The third-order valence-electron chi connectivity index (χ3n) is 3.12. The molecule has 2 aliphatic rings. The molecule has 0 saturated carbocycles. The van der Waals surface area contributed by atoms with Crippen molar-refractivity contribution in [2.45, 2.75) is 26.1 Å². The Bertz CT molecular complexity index is 238. The zero-order valence-corrected chi connectivity index (χ0v) is 10.8. The second-order valence-corrected chi connectivity index (χ2v) is 5.44. The van der Waals surface area contributed by atoms with Crippen molar-refractivity contribution < 1.29 is 14.7 Å². The second kappa shape index (κ2) is 6.11. The molecular formula is C12H24N2O3. The minimum Gasteiger partial charge on any atom is -0.389 e. The van der Waals surface area contributed by atoms with Crippen LogP contribution in [0.25, 0.3) is 0 Å². The number of hydrogen-bond donors (Lipinski definition) is 1. The summed E-state index contributed by atoms with van der Waals surface area (Å²) in [6.45, 7) is 10.2. The van der Waals surface area contributed by atoms with Crippen molar-refractivity contribution in [3.05, 3.63) is 0 Å². The zero-order chi connectivity index (χ0) is 12.3. The first kappa shape index (κ1) is 13.2. The topological polar surface area (TPSA) is 45.2 Å². The fourth-order valence-electron chi connectivity index (χ4n) is 2.46. The van der Waals surface area contributed by atoms with Crippen molar-refractivity contribution in [2.24, 2.45) is 5.92 Å². The second-order valence-electron chi connectivity index (χ2n) is 5.44. The highest BCUT2D eigenvalue weighted by Gasteiger charge is 2.27. The molecule has 2 saturated heterocycles. The van der Waals surface area contributed by atoms with Crippen molar-refractivity contribution in [2.75, 3.05) is 45.9 Å². The molecule has 0 aliphatic carbocycles. The van der Waals surface area contributed by atoms with Crippen LogP contribution in [0.2, 0.25) is 0 Å². The van der Waals surface area contributed by atoms with Crippen LogP contribution in [0.15, 0.2) is 0 Å². The number of hydrogen-bond acceptors (Lipinski definition) is 5. The van der Waals surface area contributed by atoms with E-state index in [1.54, 1.807) is 0 Å². The lowest BCUT2D eigenvalue weighted by atomic mass is 10.2. The maximum Gasteiger partial charge on any atom is 0.0958 e. The Morgan fingerprint density at radius 1 is 1.35 bits per heavy atom. The van der Waals surface area contributed by atoms with Crippen molar-refractivity contribution in [1.82, 2.24) is 9.96 Å². The average Bonchev–Trinajstić information content (AvgIpc) is 2.63. The molecule has 0 aromatic heterocycles. The van der Waals surface area contributed by atoms with Gasteiger partial charge in [0, 0.05) is 19.6 Å². The normalized spacial score (nSPS) is 32.5. The van der Waals surface area contributed by atoms with E-state index in [9.17, 15) is 5.11 Å². The quantitative estimate of drug-likeness (QED) is 0.751. The highest BCUT2D eigenvalue weighted by molar-refractivity contribution is 4.76. The molecule has 0 aromatic rings. The van der Waals surface area contributed by atoms with Crippen LogP contribution in [-0.2, 0) is 9.57 Å². The minimum atomic E-state index is -0.342. The lowest BCUT2D eigenvalue weighted by Crippen LogP contribution is -2.48. The molecule has 2 unspecified atom stereocenters. The van der Waals surface area contributed by atoms with Crippen molar-refractivity contribution >= 4 is 0 Å². The van der Waals surface area contributed by atoms with E-state index >= 15 is 0 Å². The number of aliphatic hydroxyl groups is 1. The van der Waals surface area contributed by atoms with Crippen LogP contribution < -0.4 is 0 Å². The van der Waals surface area contributed by atoms with E-state index in [-0.39, 0.29) is 12.2 Å². The Hall–Kier alpha value is -0.200. The Balaban J connectivity index is 1.73. The zero-order valence-electron chi connectivity index (χ0n) is 10.8. The van der Waals surface area contributed by atoms with Crippen molar-refractivity contribution in [1.29, 1.82) is 0 Å². The van der Waals surface area contributed by atoms with E-state index in [1.165, 1.54) is 0 Å². The molecule has 5 nitrogen and oxygen atoms in total. The van der Waals surface area contributed by atoms with Gasteiger partial charge in [-0.3, -0.25) is 9.74 Å². The monoisotopic (exact) mass is 244 g/mol. The van der Waals surface area contributed by atoms with E-state index in [0.717, 1.165) is 32.8 Å². The van der Waals surface area contributed by atoms with E-state index in [4.69, 9.17) is 9.57 Å². The SMILES string of the molecule is CC(C)CN1CCOC(CN2CC(O)CO2)C1. The number of nitrogens with zero attached hydrogens (tertiary/aromatic N) is 2. The smallest absolute Gasteiger partial charge is 0.0958 e. The van der Waals surface area contributed by atoms with Crippen LogP contribution in [0.1, 0.15) is 13.8 Å². The molecule has 2 atom stereocenters. The minimum absolute atomic E-state index is 0.202. The molecule has 0 spiro atoms. The third-order valence-corrected chi connectivity index (χ3v) is 3.12. The van der Waals surface area contributed by atoms with Crippen LogP contribution >= 0.6 is 0 Å². The molecule has 0 amide bonds. The van der Waals surface area contributed by atoms with Crippen LogP contribution in [0.5, 0.6) is 0 Å². The van der Waals surface area contributed by atoms with Gasteiger partial charge in [0.25, 0.3) is 0 Å². The predicted octanol–water partition coefficient (Wildman–Crippen LogP) is -0.0487. The van der Waals surface area contributed by atoms with Crippen molar-refractivity contribution in [3.63, 3.8) is 0 Å². The van der Waals surface area contributed by atoms with Gasteiger partial charge in [0.2, 0.25) is 0 Å². The number of rotatable bonds is 4. The number of aliphatic hydroxyl groups excluding tert-OH is 1. The summed E-state index contributed by atoms with van der Waals surface area (Å²) in [6, 6.07) is 0. The standard InChI is InChI=1S/C12H24N2O3/c1-10(2)5-13-3-4-16-12(7-13)8-14-6-11(15)9-17-14/h10-12,15H,3-9H2,1-2H3. The molecule has 1 N–H and O–H groups in total. The van der Waals surface area contributed by atoms with E-state index < -0.39 is 0 Å². The first-order valence-electron chi connectivity index (χ1n) is 6.53. The number of morpholine rings is 1. The van der Waals surface area contributed by atoms with Gasteiger partial charge in [-0.15, -0.1) is 0 Å². The van der Waals surface area contributed by atoms with Crippen LogP contribution in [-0.4, -0.2) is 73.2 Å². The summed E-state index contributed by atoms with van der Waals surface area (Å²) < 4.78 is 5.74. The molecule has 0 radical (unpaired) electrons. The lowest BCUT2D eigenvalue weighted by molar-refractivity contribution is -0.148. The maximum absolute atomic E-state index is 9.38. The Morgan fingerprint density at radius 2 is 2.18 bits per heavy atom. The van der Waals surface area contributed by atoms with Crippen LogP contribution in [0.4, 0.5) is 0 Å². The third kappa shape index (κ3) is 4.19. The summed E-state index contributed by atoms with van der Waals surface area (Å²) in [7, 11) is 0. The van der Waals surface area contributed by atoms with Crippen LogP contribution in [0, 0.1) is 5.92 Å². The van der Waals surface area contributed by atoms with Gasteiger partial charge >= 0.3 is 0 Å². The van der Waals surface area contributed by atoms with Gasteiger partial charge in [-0.25, -0.2) is 0 Å². The molecule has 5 heteroatoms. The van der Waals surface area contributed by atoms with Crippen molar-refractivity contribution in [3.8, 4) is 0 Å². The summed E-state index contributed by atoms with van der Waals surface area (Å²) in [5.41, 5.74) is 0. The van der Waals surface area contributed by atoms with Gasteiger partial charge in [-0.05, 0) is 5.92 Å². The van der Waals surface area contributed by atoms with Gasteiger partial charge < -0.3 is 9.84 Å². The number of ether oxygens (including phenoxy) is 1. The first-order valence-corrected chi connectivity index (χ1v) is 6.53. The average molecular weight is 244 g/mol. The van der Waals surface area contributed by atoms with Gasteiger partial charge in [-0.1, -0.05) is 13.8 Å². The highest BCUT2D eigenvalue weighted by atomic mass is 16.7. The predicted molar refractivity (Wildman–Crippen MR) is 64.5 cm³/mol. The maximum atomic E-state index is 9.38. The molecular weight excluding hydrogens is 220 g/mol. The summed E-state index contributed by atoms with van der Waals surface area (Å²) in [6.07, 6.45) is -0.141. The number of hydroxylamine groups is 2. The largest absolute Gasteiger partial charge is 0.389 e. The fourth-order valence-corrected chi connectivity index (χ4v) is 2.46. The number of β-amino-alcohol motifs (C(OH)–C–C–N with tert-alkyl or cyclic N) is 1. The molecule has 2 rings (SSSR count). The van der Waals surface area contributed by atoms with Gasteiger partial charge in [0.15, 0.2) is 0 Å². The molecule has 0 bridgehead atoms. The Kier molecular flexibility index (Phi) is 4.76. The first-order chi connectivity index (χ1) is 8.13. The lowest BCUT2D eigenvalue weighted by Gasteiger charge is -2.35. The molecule has 2 fully saturated rings. The molecule has 17 heavy (non-hydrogen) atoms. The van der Waals surface area contributed by atoms with Crippen LogP contribution in [0.3, 0.4) is 0 Å². The van der Waals surface area contributed by atoms with Gasteiger partial charge in [0.1, 0.15) is 0 Å². The highest BCUT2D eigenvalue weighted by Crippen LogP contribution is 2.12. The Morgan fingerprint density at radius 3 is 2.82 bits per heavy atom. The fraction of sp³-hybridized carbons (Fsp3) is 1.00. The van der Waals surface area contributed by atoms with E-state index in [0.29, 0.717) is 19.1 Å². The molecule has 2 aliphatic heterocycles. The van der Waals surface area contributed by atoms with Gasteiger partial charge in [0.05, 0.1) is 38.5 Å². The Labute approximate surface area is 103 Å². The molecule has 2 heterocycles. The molecule has 0 aromatic carbocycles. The molecule has 100 valence electrons. The van der Waals surface area contributed by atoms with E-state index in [2.05, 4.69) is 18.7 Å². The summed E-state index contributed by atoms with van der Waals surface area (Å²) in [5.74, 6) is 0.693. The summed E-state index contributed by atoms with van der Waals surface area (Å²) in [4.78, 5) is 7.82. The van der Waals surface area contributed by atoms with E-state index in [1.807, 2.05) is 5.06 Å². The van der Waals surface area contributed by atoms with Gasteiger partial charge in [-0.2, -0.15) is 5.06 Å². The summed E-state index contributed by atoms with van der Waals surface area (Å²) >= 11 is 0. The summed E-state index contributed by atoms with van der Waals surface area (Å²) in [5, 5.41) is 11.2.